The molecule has 0 saturated heterocycles. The van der Waals surface area contributed by atoms with Crippen molar-refractivity contribution >= 4 is 5.91 Å². The Bertz CT molecular complexity index is 307. The van der Waals surface area contributed by atoms with Gasteiger partial charge >= 0.3 is 0 Å². The lowest BCUT2D eigenvalue weighted by molar-refractivity contribution is 0.0941. The summed E-state index contributed by atoms with van der Waals surface area (Å²) < 4.78 is 4.67. The molecule has 0 radical (unpaired) electrons. The van der Waals surface area contributed by atoms with Crippen molar-refractivity contribution in [2.24, 2.45) is 0 Å². The molecular weight excluding hydrogens is 182 g/mol. The van der Waals surface area contributed by atoms with E-state index in [2.05, 4.69) is 15.0 Å². The lowest BCUT2D eigenvalue weighted by Gasteiger charge is -2.09. The first-order valence-corrected chi connectivity index (χ1v) is 4.45. The summed E-state index contributed by atoms with van der Waals surface area (Å²) in [5.74, 6) is -0.182. The molecule has 0 atom stereocenters. The summed E-state index contributed by atoms with van der Waals surface area (Å²) in [7, 11) is 3.90. The van der Waals surface area contributed by atoms with E-state index in [-0.39, 0.29) is 5.91 Å². The maximum atomic E-state index is 11.5. The molecule has 0 aliphatic rings. The molecule has 0 unspecified atom stereocenters. The van der Waals surface area contributed by atoms with Crippen molar-refractivity contribution in [2.75, 3.05) is 27.2 Å². The van der Waals surface area contributed by atoms with Crippen LogP contribution in [0.25, 0.3) is 0 Å². The highest BCUT2D eigenvalue weighted by Gasteiger charge is 2.12. The topological polar surface area (TPSA) is 58.4 Å². The first kappa shape index (κ1) is 10.7. The number of aryl methyl sites for hydroxylation is 1. The van der Waals surface area contributed by atoms with Crippen LogP contribution in [0.4, 0.5) is 0 Å². The second-order valence-electron chi connectivity index (χ2n) is 3.41. The van der Waals surface area contributed by atoms with Gasteiger partial charge in [-0.2, -0.15) is 0 Å². The molecule has 1 heterocycles. The van der Waals surface area contributed by atoms with E-state index in [9.17, 15) is 4.79 Å². The molecule has 5 nitrogen and oxygen atoms in total. The summed E-state index contributed by atoms with van der Waals surface area (Å²) in [6.07, 6.45) is 1.46. The minimum atomic E-state index is -0.182. The molecule has 0 aliphatic carbocycles. The summed E-state index contributed by atoms with van der Waals surface area (Å²) in [5, 5.41) is 6.37. The number of nitrogens with zero attached hydrogens (tertiary/aromatic N) is 2. The van der Waals surface area contributed by atoms with Crippen LogP contribution in [0.2, 0.25) is 0 Å². The van der Waals surface area contributed by atoms with Crippen molar-refractivity contribution in [1.82, 2.24) is 15.4 Å². The molecule has 0 aliphatic heterocycles. The molecule has 5 heteroatoms. The minimum absolute atomic E-state index is 0.182. The minimum Gasteiger partial charge on any atom is -0.364 e. The molecule has 1 aromatic rings. The zero-order chi connectivity index (χ0) is 10.6. The van der Waals surface area contributed by atoms with Gasteiger partial charge in [-0.3, -0.25) is 4.79 Å². The second-order valence-corrected chi connectivity index (χ2v) is 3.41. The van der Waals surface area contributed by atoms with Gasteiger partial charge in [-0.15, -0.1) is 0 Å². The first-order valence-electron chi connectivity index (χ1n) is 4.45. The number of hydrogen-bond acceptors (Lipinski definition) is 4. The van der Waals surface area contributed by atoms with Gasteiger partial charge in [0, 0.05) is 18.7 Å². The zero-order valence-electron chi connectivity index (χ0n) is 8.70. The molecule has 0 saturated carbocycles. The smallest absolute Gasteiger partial charge is 0.273 e. The second kappa shape index (κ2) is 4.76. The lowest BCUT2D eigenvalue weighted by Crippen LogP contribution is -2.31. The quantitative estimate of drug-likeness (QED) is 0.753. The summed E-state index contributed by atoms with van der Waals surface area (Å²) in [5.41, 5.74) is 1.12. The van der Waals surface area contributed by atoms with Gasteiger partial charge in [0.05, 0.1) is 0 Å². The van der Waals surface area contributed by atoms with E-state index in [1.54, 1.807) is 6.92 Å². The van der Waals surface area contributed by atoms with Crippen molar-refractivity contribution in [3.63, 3.8) is 0 Å². The Balaban J connectivity index is 2.40. The highest BCUT2D eigenvalue weighted by molar-refractivity contribution is 5.93. The Labute approximate surface area is 83.1 Å². The Hall–Kier alpha value is -1.36. The van der Waals surface area contributed by atoms with Crippen LogP contribution in [-0.4, -0.2) is 43.1 Å². The predicted octanol–water partition coefficient (Wildman–Crippen LogP) is 0.274. The van der Waals surface area contributed by atoms with Crippen LogP contribution in [0.5, 0.6) is 0 Å². The summed E-state index contributed by atoms with van der Waals surface area (Å²) in [6, 6.07) is 0. The van der Waals surface area contributed by atoms with Gasteiger partial charge in [-0.1, -0.05) is 5.16 Å². The maximum Gasteiger partial charge on any atom is 0.273 e. The van der Waals surface area contributed by atoms with Crippen molar-refractivity contribution < 1.29 is 9.32 Å². The highest BCUT2D eigenvalue weighted by Crippen LogP contribution is 2.03. The molecule has 1 rings (SSSR count). The average Bonchev–Trinajstić information content (AvgIpc) is 2.50. The van der Waals surface area contributed by atoms with E-state index in [1.165, 1.54) is 6.26 Å². The predicted molar refractivity (Wildman–Crippen MR) is 52.1 cm³/mol. The lowest BCUT2D eigenvalue weighted by atomic mass is 10.3. The Morgan fingerprint density at radius 1 is 1.64 bits per heavy atom. The molecule has 14 heavy (non-hydrogen) atoms. The van der Waals surface area contributed by atoms with Crippen molar-refractivity contribution in [3.05, 3.63) is 17.5 Å². The number of carbonyl (C=O) groups is 1. The number of likely N-dealkylation sites (N-methyl/N-ethyl adjacent to an activating group) is 1. The van der Waals surface area contributed by atoms with Gasteiger partial charge in [0.1, 0.15) is 6.26 Å². The van der Waals surface area contributed by atoms with Crippen LogP contribution in [0.15, 0.2) is 10.8 Å². The van der Waals surface area contributed by atoms with Crippen LogP contribution in [-0.2, 0) is 0 Å². The van der Waals surface area contributed by atoms with Gasteiger partial charge in [-0.25, -0.2) is 0 Å². The van der Waals surface area contributed by atoms with Crippen molar-refractivity contribution in [3.8, 4) is 0 Å². The van der Waals surface area contributed by atoms with E-state index < -0.39 is 0 Å². The average molecular weight is 197 g/mol. The fourth-order valence-electron chi connectivity index (χ4n) is 0.983. The number of carbonyl (C=O) groups excluding carboxylic acids is 1. The molecular formula is C9H15N3O2. The molecule has 0 aromatic carbocycles. The molecule has 0 fully saturated rings. The zero-order valence-corrected chi connectivity index (χ0v) is 8.70. The standard InChI is InChI=1S/C9H15N3O2/c1-7-6-14-11-8(7)9(13)10-4-5-12(2)3/h6H,4-5H2,1-3H3,(H,10,13). The molecule has 0 spiro atoms. The Morgan fingerprint density at radius 3 is 2.86 bits per heavy atom. The van der Waals surface area contributed by atoms with Crippen molar-refractivity contribution in [1.29, 1.82) is 0 Å². The van der Waals surface area contributed by atoms with Crippen LogP contribution >= 0.6 is 0 Å². The van der Waals surface area contributed by atoms with E-state index in [1.807, 2.05) is 19.0 Å². The summed E-state index contributed by atoms with van der Waals surface area (Å²) in [6.45, 7) is 3.21. The third kappa shape index (κ3) is 2.85. The number of nitrogens with one attached hydrogen (secondary N) is 1. The third-order valence-electron chi connectivity index (χ3n) is 1.81. The van der Waals surface area contributed by atoms with E-state index in [4.69, 9.17) is 0 Å². The van der Waals surface area contributed by atoms with Crippen LogP contribution in [0.3, 0.4) is 0 Å². The SMILES string of the molecule is Cc1conc1C(=O)NCCN(C)C. The van der Waals surface area contributed by atoms with Gasteiger partial charge < -0.3 is 14.7 Å². The van der Waals surface area contributed by atoms with Gasteiger partial charge in [0.2, 0.25) is 0 Å². The highest BCUT2D eigenvalue weighted by atomic mass is 16.5. The largest absolute Gasteiger partial charge is 0.364 e. The monoisotopic (exact) mass is 197 g/mol. The fraction of sp³-hybridized carbons (Fsp3) is 0.556. The maximum absolute atomic E-state index is 11.5. The number of rotatable bonds is 4. The van der Waals surface area contributed by atoms with Gasteiger partial charge in [0.25, 0.3) is 5.91 Å². The number of aromatic nitrogens is 1. The molecule has 1 aromatic heterocycles. The number of amides is 1. The van der Waals surface area contributed by atoms with Gasteiger partial charge in [0.15, 0.2) is 5.69 Å². The van der Waals surface area contributed by atoms with Crippen LogP contribution in [0, 0.1) is 6.92 Å². The first-order chi connectivity index (χ1) is 6.61. The summed E-state index contributed by atoms with van der Waals surface area (Å²) >= 11 is 0. The van der Waals surface area contributed by atoms with Gasteiger partial charge in [-0.05, 0) is 21.0 Å². The Morgan fingerprint density at radius 2 is 2.36 bits per heavy atom. The third-order valence-corrected chi connectivity index (χ3v) is 1.81. The van der Waals surface area contributed by atoms with Crippen LogP contribution < -0.4 is 5.32 Å². The van der Waals surface area contributed by atoms with Crippen molar-refractivity contribution in [2.45, 2.75) is 6.92 Å². The van der Waals surface area contributed by atoms with E-state index in [0.29, 0.717) is 12.2 Å². The molecule has 0 bridgehead atoms. The van der Waals surface area contributed by atoms with Crippen LogP contribution in [0.1, 0.15) is 16.1 Å². The Kier molecular flexibility index (Phi) is 3.64. The molecule has 1 N–H and O–H groups in total. The normalized spacial score (nSPS) is 10.6. The molecule has 1 amide bonds. The van der Waals surface area contributed by atoms with E-state index >= 15 is 0 Å². The fourth-order valence-corrected chi connectivity index (χ4v) is 0.983. The summed E-state index contributed by atoms with van der Waals surface area (Å²) in [4.78, 5) is 13.5. The number of hydrogen-bond donors (Lipinski definition) is 1. The van der Waals surface area contributed by atoms with E-state index in [0.717, 1.165) is 12.1 Å². The molecule has 78 valence electrons.